The summed E-state index contributed by atoms with van der Waals surface area (Å²) in [4.78, 5) is 0. The maximum atomic E-state index is 5.37. The first-order chi connectivity index (χ1) is 3.79. The first-order valence-electron chi connectivity index (χ1n) is 2.40. The van der Waals surface area contributed by atoms with Gasteiger partial charge in [-0.2, -0.15) is 0 Å². The van der Waals surface area contributed by atoms with Gasteiger partial charge in [0, 0.05) is 11.4 Å². The largest absolute Gasteiger partial charge is 0.412 e. The maximum absolute atomic E-state index is 5.37. The summed E-state index contributed by atoms with van der Waals surface area (Å²) in [6.07, 6.45) is 0. The second kappa shape index (κ2) is 2.94. The van der Waals surface area contributed by atoms with Gasteiger partial charge >= 0.3 is 0 Å². The van der Waals surface area contributed by atoms with Crippen LogP contribution in [-0.4, -0.2) is 5.48 Å². The van der Waals surface area contributed by atoms with Gasteiger partial charge in [-0.15, -0.1) is 0 Å². The summed E-state index contributed by atoms with van der Waals surface area (Å²) < 4.78 is 0. The summed E-state index contributed by atoms with van der Waals surface area (Å²) in [5.74, 6) is 0. The van der Waals surface area contributed by atoms with Gasteiger partial charge in [0.2, 0.25) is 0 Å². The van der Waals surface area contributed by atoms with Crippen molar-refractivity contribution in [3.8, 4) is 0 Å². The predicted octanol–water partition coefficient (Wildman–Crippen LogP) is 0.0263. The van der Waals surface area contributed by atoms with Crippen molar-refractivity contribution >= 4 is 11.4 Å². The average Bonchev–Trinajstić information content (AvgIpc) is 1.77. The third kappa shape index (κ3) is 2.01. The van der Waals surface area contributed by atoms with Crippen LogP contribution in [-0.2, 0) is 0 Å². The summed E-state index contributed by atoms with van der Waals surface area (Å²) in [5.41, 5.74) is 12.2. The number of anilines is 2. The van der Waals surface area contributed by atoms with Gasteiger partial charge in [0.1, 0.15) is 0 Å². The summed E-state index contributed by atoms with van der Waals surface area (Å²) >= 11 is 0. The van der Waals surface area contributed by atoms with Gasteiger partial charge in [-0.3, -0.25) is 0 Å². The van der Waals surface area contributed by atoms with Crippen molar-refractivity contribution in [1.82, 2.24) is 0 Å². The Kier molecular flexibility index (Phi) is 2.54. The normalized spacial score (nSPS) is 8.00. The molecule has 0 radical (unpaired) electrons. The van der Waals surface area contributed by atoms with Gasteiger partial charge in [-0.1, -0.05) is 0 Å². The van der Waals surface area contributed by atoms with Crippen LogP contribution in [0.5, 0.6) is 0 Å². The molecule has 0 unspecified atom stereocenters. The fraction of sp³-hybridized carbons (Fsp3) is 0. The van der Waals surface area contributed by atoms with E-state index in [4.69, 9.17) is 11.5 Å². The number of hydrogen-bond acceptors (Lipinski definition) is 2. The van der Waals surface area contributed by atoms with Crippen LogP contribution in [0.2, 0.25) is 0 Å². The van der Waals surface area contributed by atoms with Gasteiger partial charge in [-0.05, 0) is 24.3 Å². The highest BCUT2D eigenvalue weighted by atomic mass is 16.0. The first-order valence-corrected chi connectivity index (χ1v) is 2.40. The number of hydrogen-bond donors (Lipinski definition) is 2. The van der Waals surface area contributed by atoms with E-state index in [1.165, 1.54) is 0 Å². The number of nitrogens with two attached hydrogens (primary N) is 2. The van der Waals surface area contributed by atoms with Crippen LogP contribution < -0.4 is 11.5 Å². The van der Waals surface area contributed by atoms with Crippen LogP contribution in [0.4, 0.5) is 11.4 Å². The molecule has 0 fully saturated rings. The van der Waals surface area contributed by atoms with Crippen molar-refractivity contribution in [2.24, 2.45) is 0 Å². The van der Waals surface area contributed by atoms with E-state index in [-0.39, 0.29) is 5.48 Å². The van der Waals surface area contributed by atoms with E-state index in [1.807, 2.05) is 0 Å². The summed E-state index contributed by atoms with van der Waals surface area (Å²) in [6.45, 7) is 0. The lowest BCUT2D eigenvalue weighted by molar-refractivity contribution is 0.824. The van der Waals surface area contributed by atoms with E-state index in [0.29, 0.717) is 0 Å². The van der Waals surface area contributed by atoms with Gasteiger partial charge < -0.3 is 16.9 Å². The molecule has 0 aliphatic heterocycles. The smallest absolute Gasteiger partial charge is 0.0315 e. The molecule has 0 atom stereocenters. The highest BCUT2D eigenvalue weighted by Crippen LogP contribution is 2.04. The van der Waals surface area contributed by atoms with Crippen LogP contribution in [0, 0.1) is 0 Å². The predicted molar refractivity (Wildman–Crippen MR) is 38.9 cm³/mol. The quantitative estimate of drug-likeness (QED) is 0.480. The standard InChI is InChI=1S/C6H8N2.H2O/c7-5-1-2-6(8)4-3-5;/h1-4H,7-8H2;1H2. The molecule has 3 nitrogen and oxygen atoms in total. The van der Waals surface area contributed by atoms with E-state index in [0.717, 1.165) is 11.4 Å². The van der Waals surface area contributed by atoms with Crippen LogP contribution >= 0.6 is 0 Å². The van der Waals surface area contributed by atoms with Crippen molar-refractivity contribution in [1.29, 1.82) is 0 Å². The van der Waals surface area contributed by atoms with Crippen LogP contribution in [0.1, 0.15) is 0 Å². The minimum Gasteiger partial charge on any atom is -0.412 e. The van der Waals surface area contributed by atoms with Crippen LogP contribution in [0.15, 0.2) is 24.3 Å². The molecule has 0 aliphatic rings. The minimum absolute atomic E-state index is 0. The van der Waals surface area contributed by atoms with Gasteiger partial charge in [0.05, 0.1) is 0 Å². The number of rotatable bonds is 0. The molecule has 1 aromatic carbocycles. The number of benzene rings is 1. The molecule has 0 aromatic heterocycles. The lowest BCUT2D eigenvalue weighted by atomic mass is 10.3. The maximum Gasteiger partial charge on any atom is 0.0315 e. The van der Waals surface area contributed by atoms with Gasteiger partial charge in [-0.25, -0.2) is 0 Å². The molecule has 0 spiro atoms. The molecule has 1 aromatic rings. The van der Waals surface area contributed by atoms with E-state index < -0.39 is 0 Å². The molecule has 3 heteroatoms. The third-order valence-electron chi connectivity index (χ3n) is 0.936. The Hall–Kier alpha value is -1.22. The monoisotopic (exact) mass is 126 g/mol. The summed E-state index contributed by atoms with van der Waals surface area (Å²) in [5, 5.41) is 0. The Bertz CT molecular complexity index is 150. The summed E-state index contributed by atoms with van der Waals surface area (Å²) in [7, 11) is 0. The molecule has 1 rings (SSSR count). The van der Waals surface area contributed by atoms with Gasteiger partial charge in [0.25, 0.3) is 0 Å². The molecular weight excluding hydrogens is 116 g/mol. The molecule has 0 heterocycles. The number of nitrogen functional groups attached to an aromatic ring is 2. The van der Waals surface area contributed by atoms with E-state index in [2.05, 4.69) is 0 Å². The fourth-order valence-electron chi connectivity index (χ4n) is 0.496. The Morgan fingerprint density at radius 2 is 1.00 bits per heavy atom. The molecule has 0 saturated heterocycles. The minimum atomic E-state index is 0. The van der Waals surface area contributed by atoms with Crippen molar-refractivity contribution in [2.75, 3.05) is 11.5 Å². The van der Waals surface area contributed by atoms with Gasteiger partial charge in [0.15, 0.2) is 0 Å². The zero-order valence-corrected chi connectivity index (χ0v) is 4.96. The summed E-state index contributed by atoms with van der Waals surface area (Å²) in [6, 6.07) is 7.09. The van der Waals surface area contributed by atoms with E-state index >= 15 is 0 Å². The zero-order chi connectivity index (χ0) is 5.98. The van der Waals surface area contributed by atoms with Crippen LogP contribution in [0.3, 0.4) is 0 Å². The zero-order valence-electron chi connectivity index (χ0n) is 4.96. The third-order valence-corrected chi connectivity index (χ3v) is 0.936. The Balaban J connectivity index is 0.000000640. The molecule has 9 heavy (non-hydrogen) atoms. The highest BCUT2D eigenvalue weighted by molar-refractivity contribution is 5.47. The molecule has 50 valence electrons. The first kappa shape index (κ1) is 7.78. The second-order valence-electron chi connectivity index (χ2n) is 1.67. The Labute approximate surface area is 53.6 Å². The molecule has 0 bridgehead atoms. The molecule has 0 saturated carbocycles. The Morgan fingerprint density at radius 1 is 0.778 bits per heavy atom. The molecule has 0 amide bonds. The average molecular weight is 126 g/mol. The van der Waals surface area contributed by atoms with E-state index in [9.17, 15) is 0 Å². The lowest BCUT2D eigenvalue weighted by Crippen LogP contribution is -1.86. The Morgan fingerprint density at radius 3 is 1.22 bits per heavy atom. The SMILES string of the molecule is Nc1ccc(N)cc1.O. The van der Waals surface area contributed by atoms with Crippen molar-refractivity contribution in [3.05, 3.63) is 24.3 Å². The molecule has 0 aliphatic carbocycles. The van der Waals surface area contributed by atoms with Crippen LogP contribution in [0.25, 0.3) is 0 Å². The lowest BCUT2D eigenvalue weighted by Gasteiger charge is -1.90. The van der Waals surface area contributed by atoms with Crippen molar-refractivity contribution in [2.45, 2.75) is 0 Å². The van der Waals surface area contributed by atoms with E-state index in [1.54, 1.807) is 24.3 Å². The molecular formula is C6H10N2O. The van der Waals surface area contributed by atoms with Crippen molar-refractivity contribution in [3.63, 3.8) is 0 Å². The fourth-order valence-corrected chi connectivity index (χ4v) is 0.496. The highest BCUT2D eigenvalue weighted by Gasteiger charge is 1.80. The molecule has 6 N–H and O–H groups in total. The topological polar surface area (TPSA) is 83.5 Å². The van der Waals surface area contributed by atoms with Crippen molar-refractivity contribution < 1.29 is 5.48 Å². The second-order valence-corrected chi connectivity index (χ2v) is 1.67.